The normalized spacial score (nSPS) is 16.1. The van der Waals surface area contributed by atoms with Gasteiger partial charge < -0.3 is 10.0 Å². The first-order valence-corrected chi connectivity index (χ1v) is 12.7. The third kappa shape index (κ3) is 6.20. The predicted molar refractivity (Wildman–Crippen MR) is 139 cm³/mol. The van der Waals surface area contributed by atoms with Crippen LogP contribution < -0.4 is 4.90 Å². The molecular weight excluding hydrogens is 486 g/mol. The van der Waals surface area contributed by atoms with Crippen LogP contribution in [0.25, 0.3) is 10.8 Å². The largest absolute Gasteiger partial charge is 0.481 e. The number of hydrazine groups is 1. The van der Waals surface area contributed by atoms with Gasteiger partial charge in [0.2, 0.25) is 11.3 Å². The average molecular weight is 512 g/mol. The first-order chi connectivity index (χ1) is 16.8. The van der Waals surface area contributed by atoms with Gasteiger partial charge in [0.15, 0.2) is 0 Å². The number of fused-ring (bicyclic) bond motifs is 1. The second-order valence-electron chi connectivity index (χ2n) is 8.39. The zero-order valence-corrected chi connectivity index (χ0v) is 20.8. The van der Waals surface area contributed by atoms with Crippen molar-refractivity contribution in [2.75, 3.05) is 31.1 Å². The fourth-order valence-electron chi connectivity index (χ4n) is 4.23. The van der Waals surface area contributed by atoms with E-state index in [1.165, 1.54) is 4.41 Å². The van der Waals surface area contributed by atoms with Crippen molar-refractivity contribution < 1.29 is 18.7 Å². The van der Waals surface area contributed by atoms with Gasteiger partial charge in [-0.25, -0.2) is 9.22 Å². The topological polar surface area (TPSA) is 84.3 Å². The number of carboxylic acid groups (broad SMARTS) is 1. The lowest BCUT2D eigenvalue weighted by Gasteiger charge is -2.41. The molecule has 3 aromatic carbocycles. The van der Waals surface area contributed by atoms with Crippen molar-refractivity contribution in [2.45, 2.75) is 19.4 Å². The molecule has 1 fully saturated rings. The Morgan fingerprint density at radius 1 is 1.06 bits per heavy atom. The van der Waals surface area contributed by atoms with Crippen LogP contribution in [-0.2, 0) is 16.1 Å². The van der Waals surface area contributed by atoms with E-state index < -0.39 is 23.3 Å². The van der Waals surface area contributed by atoms with E-state index in [2.05, 4.69) is 16.7 Å². The van der Waals surface area contributed by atoms with Crippen molar-refractivity contribution in [1.29, 1.82) is 0 Å². The maximum atomic E-state index is 11.8. The van der Waals surface area contributed by atoms with Crippen LogP contribution in [0.1, 0.15) is 24.5 Å². The molecule has 1 heterocycles. The minimum Gasteiger partial charge on any atom is -0.481 e. The molecular formula is C26H26ClN3O4S. The Balaban J connectivity index is 1.39. The molecule has 9 heteroatoms. The standard InChI is InChI=1S/C26H26ClN3O4S/c1-19(17-26(31)32)30(35(33)34)29-15-13-28(14-16-29)23-11-8-20(9-12-23)5-6-21-7-10-22-3-2-4-25(27)24(22)18-21/h2-4,7-12,18-19H,13-17H2,1H3,(H,31,32)(H,33,34). The summed E-state index contributed by atoms with van der Waals surface area (Å²) >= 11 is 4.03. The van der Waals surface area contributed by atoms with Crippen LogP contribution in [0.5, 0.6) is 0 Å². The van der Waals surface area contributed by atoms with Gasteiger partial charge in [0, 0.05) is 59.4 Å². The van der Waals surface area contributed by atoms with Crippen LogP contribution in [0.4, 0.5) is 5.69 Å². The van der Waals surface area contributed by atoms with Crippen LogP contribution in [0.15, 0.2) is 60.7 Å². The fraction of sp³-hybridized carbons (Fsp3) is 0.269. The Bertz CT molecular complexity index is 1300. The molecule has 2 atom stereocenters. The van der Waals surface area contributed by atoms with Gasteiger partial charge in [-0.15, -0.1) is 4.41 Å². The van der Waals surface area contributed by atoms with Crippen molar-refractivity contribution in [2.24, 2.45) is 0 Å². The Morgan fingerprint density at radius 2 is 1.71 bits per heavy atom. The van der Waals surface area contributed by atoms with Crippen molar-refractivity contribution >= 4 is 45.3 Å². The van der Waals surface area contributed by atoms with Crippen molar-refractivity contribution in [1.82, 2.24) is 9.42 Å². The van der Waals surface area contributed by atoms with Gasteiger partial charge in [-0.05, 0) is 54.8 Å². The number of halogens is 1. The highest BCUT2D eigenvalue weighted by Crippen LogP contribution is 2.24. The number of carboxylic acids is 1. The average Bonchev–Trinajstić information content (AvgIpc) is 2.83. The number of benzene rings is 3. The maximum Gasteiger partial charge on any atom is 0.305 e. The maximum absolute atomic E-state index is 11.8. The number of anilines is 1. The molecule has 1 aliphatic rings. The van der Waals surface area contributed by atoms with Crippen molar-refractivity contribution in [3.63, 3.8) is 0 Å². The third-order valence-electron chi connectivity index (χ3n) is 5.95. The van der Waals surface area contributed by atoms with E-state index in [1.54, 1.807) is 11.9 Å². The van der Waals surface area contributed by atoms with Crippen LogP contribution in [0.3, 0.4) is 0 Å². The smallest absolute Gasteiger partial charge is 0.305 e. The lowest BCUT2D eigenvalue weighted by atomic mass is 10.1. The number of hydrogen-bond donors (Lipinski definition) is 2. The highest BCUT2D eigenvalue weighted by Gasteiger charge is 2.30. The van der Waals surface area contributed by atoms with Gasteiger partial charge in [0.05, 0.1) is 6.42 Å². The molecule has 4 rings (SSSR count). The van der Waals surface area contributed by atoms with E-state index in [-0.39, 0.29) is 6.42 Å². The van der Waals surface area contributed by atoms with Gasteiger partial charge in [0.25, 0.3) is 0 Å². The van der Waals surface area contributed by atoms with Crippen LogP contribution in [0, 0.1) is 11.8 Å². The zero-order valence-electron chi connectivity index (χ0n) is 19.2. The second-order valence-corrected chi connectivity index (χ2v) is 9.64. The van der Waals surface area contributed by atoms with E-state index in [0.717, 1.165) is 27.6 Å². The number of rotatable bonds is 6. The van der Waals surface area contributed by atoms with Crippen molar-refractivity contribution in [3.05, 3.63) is 76.8 Å². The number of carbonyl (C=O) groups is 1. The monoisotopic (exact) mass is 511 g/mol. The predicted octanol–water partition coefficient (Wildman–Crippen LogP) is 4.23. The number of piperazine rings is 1. The molecule has 2 unspecified atom stereocenters. The van der Waals surface area contributed by atoms with E-state index >= 15 is 0 Å². The molecule has 7 nitrogen and oxygen atoms in total. The summed E-state index contributed by atoms with van der Waals surface area (Å²) in [6.07, 6.45) is -0.207. The molecule has 0 radical (unpaired) electrons. The molecule has 0 aromatic heterocycles. The van der Waals surface area contributed by atoms with E-state index in [0.29, 0.717) is 31.2 Å². The second kappa shape index (κ2) is 11.2. The van der Waals surface area contributed by atoms with E-state index in [1.807, 2.05) is 60.7 Å². The fourth-order valence-corrected chi connectivity index (χ4v) is 5.21. The summed E-state index contributed by atoms with van der Waals surface area (Å²) in [6, 6.07) is 19.2. The van der Waals surface area contributed by atoms with Gasteiger partial charge in [-0.2, -0.15) is 0 Å². The quantitative estimate of drug-likeness (QED) is 0.380. The molecule has 2 N–H and O–H groups in total. The zero-order chi connectivity index (χ0) is 24.9. The Hall–Kier alpha value is -2.93. The van der Waals surface area contributed by atoms with Crippen LogP contribution in [0.2, 0.25) is 5.02 Å². The first-order valence-electron chi connectivity index (χ1n) is 11.2. The lowest BCUT2D eigenvalue weighted by Crippen LogP contribution is -2.57. The lowest BCUT2D eigenvalue weighted by molar-refractivity contribution is -0.139. The molecule has 35 heavy (non-hydrogen) atoms. The summed E-state index contributed by atoms with van der Waals surface area (Å²) in [5.41, 5.74) is 2.84. The molecule has 182 valence electrons. The number of nitrogens with zero attached hydrogens (tertiary/aromatic N) is 3. The van der Waals surface area contributed by atoms with Crippen molar-refractivity contribution in [3.8, 4) is 11.8 Å². The molecule has 0 amide bonds. The number of aliphatic carboxylic acids is 1. The minimum atomic E-state index is -2.28. The molecule has 0 spiro atoms. The Morgan fingerprint density at radius 3 is 2.37 bits per heavy atom. The summed E-state index contributed by atoms with van der Waals surface area (Å²) < 4.78 is 22.8. The molecule has 0 aliphatic carbocycles. The van der Waals surface area contributed by atoms with Crippen LogP contribution in [-0.4, -0.2) is 61.5 Å². The summed E-state index contributed by atoms with van der Waals surface area (Å²) in [7, 11) is 0. The van der Waals surface area contributed by atoms with Gasteiger partial charge in [-0.3, -0.25) is 9.35 Å². The third-order valence-corrected chi connectivity index (χ3v) is 7.19. The molecule has 0 saturated carbocycles. The van der Waals surface area contributed by atoms with Gasteiger partial charge in [0.1, 0.15) is 0 Å². The summed E-state index contributed by atoms with van der Waals surface area (Å²) in [5, 5.41) is 13.6. The molecule has 1 aliphatic heterocycles. The SMILES string of the molecule is CC(CC(=O)O)N(N1CCN(c2ccc(C#Cc3ccc4cccc(Cl)c4c3)cc2)CC1)S(=O)O. The van der Waals surface area contributed by atoms with E-state index in [4.69, 9.17) is 16.7 Å². The highest BCUT2D eigenvalue weighted by molar-refractivity contribution is 7.76. The number of hydrogen-bond acceptors (Lipinski definition) is 4. The molecule has 3 aromatic rings. The Labute approximate surface area is 212 Å². The Kier molecular flexibility index (Phi) is 8.06. The highest BCUT2D eigenvalue weighted by atomic mass is 35.5. The van der Waals surface area contributed by atoms with Gasteiger partial charge in [-0.1, -0.05) is 41.6 Å². The molecule has 0 bridgehead atoms. The minimum absolute atomic E-state index is 0.207. The first kappa shape index (κ1) is 25.2. The van der Waals surface area contributed by atoms with Gasteiger partial charge >= 0.3 is 5.97 Å². The molecule has 1 saturated heterocycles. The summed E-state index contributed by atoms with van der Waals surface area (Å²) in [4.78, 5) is 13.2. The van der Waals surface area contributed by atoms with Crippen LogP contribution >= 0.6 is 11.6 Å². The summed E-state index contributed by atoms with van der Waals surface area (Å²) in [6.45, 7) is 3.97. The summed E-state index contributed by atoms with van der Waals surface area (Å²) in [5.74, 6) is 5.40. The van der Waals surface area contributed by atoms with E-state index in [9.17, 15) is 13.6 Å².